The van der Waals surface area contributed by atoms with E-state index in [1.54, 1.807) is 0 Å². The van der Waals surface area contributed by atoms with E-state index in [1.807, 2.05) is 33.8 Å². The van der Waals surface area contributed by atoms with Crippen molar-refractivity contribution in [2.45, 2.75) is 106 Å². The Morgan fingerprint density at radius 1 is 0.902 bits per heavy atom. The molecule has 3 aromatic carbocycles. The number of halogens is 1. The molecule has 0 bridgehead atoms. The molecule has 3 nitrogen and oxygen atoms in total. The molecule has 0 saturated heterocycles. The summed E-state index contributed by atoms with van der Waals surface area (Å²) in [6, 6.07) is 23.2. The second-order valence-corrected chi connectivity index (χ2v) is 10.4. The van der Waals surface area contributed by atoms with Gasteiger partial charge in [-0.05, 0) is 66.1 Å². The third-order valence-electron chi connectivity index (χ3n) is 7.01. The van der Waals surface area contributed by atoms with Crippen molar-refractivity contribution < 1.29 is 4.79 Å². The van der Waals surface area contributed by atoms with Crippen LogP contribution in [0, 0.1) is 6.92 Å². The van der Waals surface area contributed by atoms with Gasteiger partial charge in [-0.15, -0.1) is 11.6 Å². The largest absolute Gasteiger partial charge is 0.384 e. The van der Waals surface area contributed by atoms with Gasteiger partial charge in [0, 0.05) is 36.1 Å². The van der Waals surface area contributed by atoms with E-state index in [0.717, 1.165) is 37.1 Å². The summed E-state index contributed by atoms with van der Waals surface area (Å²) < 4.78 is 0. The first-order valence-corrected chi connectivity index (χ1v) is 16.2. The Morgan fingerprint density at radius 2 is 1.51 bits per heavy atom. The van der Waals surface area contributed by atoms with E-state index in [4.69, 9.17) is 0 Å². The lowest BCUT2D eigenvalue weighted by atomic mass is 9.78. The van der Waals surface area contributed by atoms with Crippen LogP contribution in [-0.2, 0) is 18.4 Å². The van der Waals surface area contributed by atoms with Crippen molar-refractivity contribution in [2.24, 2.45) is 0 Å². The minimum atomic E-state index is -0.0303. The van der Waals surface area contributed by atoms with Crippen LogP contribution in [0.3, 0.4) is 0 Å². The van der Waals surface area contributed by atoms with Crippen LogP contribution in [0.5, 0.6) is 0 Å². The standard InChI is InChI=1S/C32H42N2O.2C2H6.CH3Cl/c1-7-11-26-20-27(31(35)33-21-25-16-14-23(3)15-17-25)18-19-30(26)34-22-32(5,6)29-13-10-9-12-28(29)24(4)8-2;3*1-2/h9-10,12-20,24,34H,7-8,11,21-22H2,1-6H3,(H,33,35);2*1-2H3;1H3. The number of aryl methyl sites for hydroxylation is 2. The van der Waals surface area contributed by atoms with Gasteiger partial charge in [-0.1, -0.05) is 123 Å². The first-order valence-electron chi connectivity index (χ1n) is 15.4. The van der Waals surface area contributed by atoms with Crippen molar-refractivity contribution in [1.29, 1.82) is 0 Å². The predicted molar refractivity (Wildman–Crippen MR) is 184 cm³/mol. The maximum atomic E-state index is 12.9. The molecule has 1 unspecified atom stereocenters. The Hall–Kier alpha value is -2.78. The van der Waals surface area contributed by atoms with Crippen molar-refractivity contribution in [3.05, 3.63) is 100 Å². The monoisotopic (exact) mass is 580 g/mol. The van der Waals surface area contributed by atoms with E-state index in [0.29, 0.717) is 18.0 Å². The molecule has 1 amide bonds. The minimum Gasteiger partial charge on any atom is -0.384 e. The van der Waals surface area contributed by atoms with E-state index >= 15 is 0 Å². The highest BCUT2D eigenvalue weighted by atomic mass is 35.5. The summed E-state index contributed by atoms with van der Waals surface area (Å²) in [6.45, 7) is 22.8. The number of rotatable bonds is 11. The molecular weight excluding hydrogens is 524 g/mol. The van der Waals surface area contributed by atoms with E-state index in [2.05, 4.69) is 124 Å². The number of benzene rings is 3. The molecule has 0 radical (unpaired) electrons. The molecule has 3 rings (SSSR count). The Balaban J connectivity index is 0.00000250. The summed E-state index contributed by atoms with van der Waals surface area (Å²) in [5, 5.41) is 6.78. The predicted octanol–water partition coefficient (Wildman–Crippen LogP) is 10.7. The lowest BCUT2D eigenvalue weighted by Crippen LogP contribution is -2.29. The SMILES string of the molecule is CC.CC.CCCc1cc(C(=O)NCc2ccc(C)cc2)ccc1NCC(C)(C)c1ccccc1C(C)CC.CCl. The van der Waals surface area contributed by atoms with Crippen LogP contribution in [0.25, 0.3) is 0 Å². The third kappa shape index (κ3) is 12.3. The van der Waals surface area contributed by atoms with Gasteiger partial charge in [0.05, 0.1) is 0 Å². The summed E-state index contributed by atoms with van der Waals surface area (Å²) >= 11 is 4.64. The summed E-state index contributed by atoms with van der Waals surface area (Å²) in [4.78, 5) is 12.9. The van der Waals surface area contributed by atoms with Crippen molar-refractivity contribution in [2.75, 3.05) is 18.2 Å². The normalized spacial score (nSPS) is 10.9. The zero-order valence-electron chi connectivity index (χ0n) is 27.7. The maximum absolute atomic E-state index is 12.9. The van der Waals surface area contributed by atoms with Gasteiger partial charge in [-0.2, -0.15) is 0 Å². The molecule has 0 spiro atoms. The van der Waals surface area contributed by atoms with Crippen molar-refractivity contribution in [3.8, 4) is 0 Å². The summed E-state index contributed by atoms with van der Waals surface area (Å²) in [6.07, 6.45) is 4.57. The zero-order chi connectivity index (χ0) is 31.4. The highest BCUT2D eigenvalue weighted by molar-refractivity contribution is 6.15. The van der Waals surface area contributed by atoms with Gasteiger partial charge in [0.25, 0.3) is 5.91 Å². The van der Waals surface area contributed by atoms with Crippen LogP contribution in [-0.4, -0.2) is 18.8 Å². The Kier molecular flexibility index (Phi) is 19.6. The lowest BCUT2D eigenvalue weighted by molar-refractivity contribution is 0.0951. The average molecular weight is 581 g/mol. The lowest BCUT2D eigenvalue weighted by Gasteiger charge is -2.31. The quantitative estimate of drug-likeness (QED) is 0.221. The number of carbonyl (C=O) groups excluding carboxylic acids is 1. The highest BCUT2D eigenvalue weighted by Gasteiger charge is 2.25. The number of hydrogen-bond acceptors (Lipinski definition) is 2. The fraction of sp³-hybridized carbons (Fsp3) is 0.486. The molecule has 0 heterocycles. The topological polar surface area (TPSA) is 41.1 Å². The summed E-state index contributed by atoms with van der Waals surface area (Å²) in [7, 11) is 0. The minimum absolute atomic E-state index is 0.0202. The van der Waals surface area contributed by atoms with Gasteiger partial charge in [0.1, 0.15) is 0 Å². The molecule has 0 aliphatic carbocycles. The number of carbonyl (C=O) groups is 1. The summed E-state index contributed by atoms with van der Waals surface area (Å²) in [5.74, 6) is 0.510. The highest BCUT2D eigenvalue weighted by Crippen LogP contribution is 2.33. The summed E-state index contributed by atoms with van der Waals surface area (Å²) in [5.41, 5.74) is 8.19. The average Bonchev–Trinajstić information content (AvgIpc) is 3.02. The Morgan fingerprint density at radius 3 is 2.10 bits per heavy atom. The van der Waals surface area contributed by atoms with E-state index in [1.165, 1.54) is 28.6 Å². The molecule has 2 N–H and O–H groups in total. The fourth-order valence-corrected chi connectivity index (χ4v) is 4.55. The first-order chi connectivity index (χ1) is 19.7. The molecule has 0 aliphatic heterocycles. The smallest absolute Gasteiger partial charge is 0.251 e. The second kappa shape index (κ2) is 21.0. The molecular formula is C37H57ClN2O. The first kappa shape index (κ1) is 38.2. The Bertz CT molecular complexity index is 1120. The van der Waals surface area contributed by atoms with Crippen molar-refractivity contribution in [3.63, 3.8) is 0 Å². The Labute approximate surface area is 257 Å². The molecule has 0 saturated carbocycles. The molecule has 41 heavy (non-hydrogen) atoms. The van der Waals surface area contributed by atoms with Gasteiger partial charge in [0.15, 0.2) is 0 Å². The van der Waals surface area contributed by atoms with Gasteiger partial charge in [0.2, 0.25) is 0 Å². The van der Waals surface area contributed by atoms with E-state index < -0.39 is 0 Å². The van der Waals surface area contributed by atoms with Gasteiger partial charge in [-0.3, -0.25) is 4.79 Å². The molecule has 1 atom stereocenters. The molecule has 0 aliphatic rings. The molecule has 4 heteroatoms. The number of anilines is 1. The zero-order valence-corrected chi connectivity index (χ0v) is 28.5. The van der Waals surface area contributed by atoms with Crippen molar-refractivity contribution in [1.82, 2.24) is 5.32 Å². The van der Waals surface area contributed by atoms with Crippen LogP contribution in [0.2, 0.25) is 0 Å². The van der Waals surface area contributed by atoms with Crippen LogP contribution < -0.4 is 10.6 Å². The van der Waals surface area contributed by atoms with Gasteiger partial charge < -0.3 is 10.6 Å². The van der Waals surface area contributed by atoms with Crippen LogP contribution in [0.4, 0.5) is 5.69 Å². The maximum Gasteiger partial charge on any atom is 0.251 e. The molecule has 0 aromatic heterocycles. The molecule has 3 aromatic rings. The van der Waals surface area contributed by atoms with Gasteiger partial charge in [-0.25, -0.2) is 0 Å². The van der Waals surface area contributed by atoms with Crippen molar-refractivity contribution >= 4 is 23.2 Å². The number of hydrogen-bond donors (Lipinski definition) is 2. The van der Waals surface area contributed by atoms with Crippen LogP contribution >= 0.6 is 11.6 Å². The van der Waals surface area contributed by atoms with E-state index in [9.17, 15) is 4.79 Å². The third-order valence-corrected chi connectivity index (χ3v) is 7.01. The fourth-order valence-electron chi connectivity index (χ4n) is 4.55. The second-order valence-electron chi connectivity index (χ2n) is 10.4. The number of amides is 1. The van der Waals surface area contributed by atoms with E-state index in [-0.39, 0.29) is 11.3 Å². The molecule has 0 fully saturated rings. The van der Waals surface area contributed by atoms with Crippen LogP contribution in [0.1, 0.15) is 119 Å². The van der Waals surface area contributed by atoms with Gasteiger partial charge >= 0.3 is 0 Å². The molecule has 228 valence electrons. The van der Waals surface area contributed by atoms with Crippen LogP contribution in [0.15, 0.2) is 66.7 Å². The number of alkyl halides is 1. The number of nitrogens with one attached hydrogen (secondary N) is 2.